The van der Waals surface area contributed by atoms with E-state index in [1.165, 1.54) is 25.4 Å². The number of oxazole rings is 1. The number of benzene rings is 1. The molecule has 5 rings (SSSR count). The van der Waals surface area contributed by atoms with Crippen molar-refractivity contribution < 1.29 is 17.6 Å². The highest BCUT2D eigenvalue weighted by molar-refractivity contribution is 7.89. The maximum absolute atomic E-state index is 12.7. The second kappa shape index (κ2) is 8.86. The molecule has 0 saturated heterocycles. The molecule has 0 spiro atoms. The summed E-state index contributed by atoms with van der Waals surface area (Å²) in [4.78, 5) is 23.7. The fraction of sp³-hybridized carbons (Fsp3) is 0.217. The molecule has 12 heteroatoms. The first kappa shape index (κ1) is 22.6. The van der Waals surface area contributed by atoms with Crippen LogP contribution in [-0.2, 0) is 10.0 Å². The van der Waals surface area contributed by atoms with E-state index >= 15 is 0 Å². The summed E-state index contributed by atoms with van der Waals surface area (Å²) in [5, 5.41) is 15.8. The second-order valence-electron chi connectivity index (χ2n) is 8.17. The normalized spacial score (nSPS) is 17.5. The van der Waals surface area contributed by atoms with Gasteiger partial charge in [0.25, 0.3) is 5.91 Å². The summed E-state index contributed by atoms with van der Waals surface area (Å²) in [5.74, 6) is -0.115. The van der Waals surface area contributed by atoms with E-state index in [0.717, 1.165) is 11.1 Å². The number of hydrogen-bond acceptors (Lipinski definition) is 8. The zero-order chi connectivity index (χ0) is 24.6. The topological polar surface area (TPSA) is 166 Å². The lowest BCUT2D eigenvalue weighted by Gasteiger charge is -2.37. The Morgan fingerprint density at radius 3 is 2.86 bits per heavy atom. The van der Waals surface area contributed by atoms with E-state index < -0.39 is 10.0 Å². The average molecular weight is 492 g/mol. The predicted molar refractivity (Wildman–Crippen MR) is 127 cm³/mol. The Balaban J connectivity index is 1.33. The van der Waals surface area contributed by atoms with E-state index in [-0.39, 0.29) is 40.0 Å². The van der Waals surface area contributed by atoms with Gasteiger partial charge in [-0.15, -0.1) is 0 Å². The number of aromatic amines is 1. The number of nitrogens with one attached hydrogen (secondary N) is 4. The minimum Gasteiger partial charge on any atom is -0.443 e. The molecule has 0 bridgehead atoms. The third-order valence-electron chi connectivity index (χ3n) is 5.86. The van der Waals surface area contributed by atoms with Gasteiger partial charge < -0.3 is 20.0 Å². The molecular weight excluding hydrogens is 470 g/mol. The fourth-order valence-electron chi connectivity index (χ4n) is 4.01. The van der Waals surface area contributed by atoms with Gasteiger partial charge >= 0.3 is 0 Å². The number of nitriles is 1. The zero-order valence-electron chi connectivity index (χ0n) is 18.6. The largest absolute Gasteiger partial charge is 0.443 e. The van der Waals surface area contributed by atoms with E-state index in [9.17, 15) is 13.2 Å². The van der Waals surface area contributed by atoms with E-state index in [1.54, 1.807) is 24.5 Å². The molecule has 1 aliphatic rings. The van der Waals surface area contributed by atoms with Crippen molar-refractivity contribution in [3.8, 4) is 17.5 Å². The monoisotopic (exact) mass is 491 g/mol. The average Bonchev–Trinajstić information content (AvgIpc) is 3.52. The van der Waals surface area contributed by atoms with Gasteiger partial charge in [-0.2, -0.15) is 5.26 Å². The van der Waals surface area contributed by atoms with Crippen LogP contribution in [0.5, 0.6) is 0 Å². The number of amides is 1. The Hall–Kier alpha value is -4.21. The van der Waals surface area contributed by atoms with Crippen LogP contribution in [0.1, 0.15) is 28.9 Å². The SMILES string of the molecule is CNC(=O)c1coc(-c2cnc3[nH]ccc3c2N[C@H]2C[C@@H](NS(=O)(=O)c3cccc(C#N)c3)C2)n1. The van der Waals surface area contributed by atoms with Crippen molar-refractivity contribution in [2.24, 2.45) is 0 Å². The lowest BCUT2D eigenvalue weighted by Crippen LogP contribution is -2.49. The first-order chi connectivity index (χ1) is 16.9. The van der Waals surface area contributed by atoms with Gasteiger partial charge in [0, 0.05) is 36.9 Å². The zero-order valence-corrected chi connectivity index (χ0v) is 19.4. The molecule has 11 nitrogen and oxygen atoms in total. The van der Waals surface area contributed by atoms with Crippen molar-refractivity contribution in [3.63, 3.8) is 0 Å². The highest BCUT2D eigenvalue weighted by Crippen LogP contribution is 2.36. The summed E-state index contributed by atoms with van der Waals surface area (Å²) >= 11 is 0. The van der Waals surface area contributed by atoms with Crippen molar-refractivity contribution in [1.82, 2.24) is 25.0 Å². The molecule has 178 valence electrons. The number of fused-ring (bicyclic) bond motifs is 1. The van der Waals surface area contributed by atoms with Crippen LogP contribution in [0.4, 0.5) is 5.69 Å². The highest BCUT2D eigenvalue weighted by atomic mass is 32.2. The molecule has 1 aromatic carbocycles. The van der Waals surface area contributed by atoms with E-state index in [0.29, 0.717) is 24.1 Å². The first-order valence-corrected chi connectivity index (χ1v) is 12.3. The molecule has 0 unspecified atom stereocenters. The number of carbonyl (C=O) groups excluding carboxylic acids is 1. The maximum Gasteiger partial charge on any atom is 0.272 e. The summed E-state index contributed by atoms with van der Waals surface area (Å²) in [6.07, 6.45) is 5.78. The summed E-state index contributed by atoms with van der Waals surface area (Å²) in [6, 6.07) is 9.48. The molecule has 1 fully saturated rings. The molecule has 3 aromatic heterocycles. The van der Waals surface area contributed by atoms with Crippen LogP contribution in [0.3, 0.4) is 0 Å². The summed E-state index contributed by atoms with van der Waals surface area (Å²) < 4.78 is 33.7. The maximum atomic E-state index is 12.7. The Kier molecular flexibility index (Phi) is 5.72. The lowest BCUT2D eigenvalue weighted by molar-refractivity contribution is 0.0958. The van der Waals surface area contributed by atoms with Gasteiger partial charge in [-0.3, -0.25) is 4.79 Å². The van der Waals surface area contributed by atoms with Gasteiger partial charge in [-0.05, 0) is 37.1 Å². The Morgan fingerprint density at radius 2 is 2.09 bits per heavy atom. The molecule has 4 N–H and O–H groups in total. The van der Waals surface area contributed by atoms with Gasteiger partial charge in [0.15, 0.2) is 5.69 Å². The quantitative estimate of drug-likeness (QED) is 0.306. The molecule has 0 atom stereocenters. The van der Waals surface area contributed by atoms with Gasteiger partial charge in [0.05, 0.1) is 27.8 Å². The number of anilines is 1. The van der Waals surface area contributed by atoms with Crippen LogP contribution < -0.4 is 15.4 Å². The minimum absolute atomic E-state index is 0.0132. The minimum atomic E-state index is -3.74. The van der Waals surface area contributed by atoms with Gasteiger partial charge in [0.2, 0.25) is 15.9 Å². The number of H-pyrrole nitrogens is 1. The van der Waals surface area contributed by atoms with E-state index in [1.807, 2.05) is 12.1 Å². The van der Waals surface area contributed by atoms with E-state index in [2.05, 4.69) is 30.3 Å². The summed E-state index contributed by atoms with van der Waals surface area (Å²) in [7, 11) is -2.23. The van der Waals surface area contributed by atoms with Crippen LogP contribution in [0.2, 0.25) is 0 Å². The lowest BCUT2D eigenvalue weighted by atomic mass is 9.87. The van der Waals surface area contributed by atoms with Crippen LogP contribution in [0.25, 0.3) is 22.5 Å². The van der Waals surface area contributed by atoms with Crippen LogP contribution in [-0.4, -0.2) is 48.4 Å². The molecule has 1 aliphatic carbocycles. The number of aromatic nitrogens is 3. The Labute approximate surface area is 200 Å². The molecule has 3 heterocycles. The van der Waals surface area contributed by atoms with Gasteiger partial charge in [-0.25, -0.2) is 23.1 Å². The Bertz CT molecular complexity index is 1560. The fourth-order valence-corrected chi connectivity index (χ4v) is 5.32. The molecule has 0 radical (unpaired) electrons. The number of hydrogen-bond donors (Lipinski definition) is 4. The molecule has 0 aliphatic heterocycles. The molecule has 4 aromatic rings. The number of rotatable bonds is 7. The van der Waals surface area contributed by atoms with E-state index in [4.69, 9.17) is 9.68 Å². The second-order valence-corrected chi connectivity index (χ2v) is 9.89. The predicted octanol–water partition coefficient (Wildman–Crippen LogP) is 2.37. The number of carbonyl (C=O) groups is 1. The smallest absolute Gasteiger partial charge is 0.272 e. The number of sulfonamides is 1. The van der Waals surface area contributed by atoms with Crippen molar-refractivity contribution in [1.29, 1.82) is 5.26 Å². The van der Waals surface area contributed by atoms with Crippen LogP contribution in [0, 0.1) is 11.3 Å². The van der Waals surface area contributed by atoms with Crippen LogP contribution in [0.15, 0.2) is 58.3 Å². The molecule has 35 heavy (non-hydrogen) atoms. The van der Waals surface area contributed by atoms with Gasteiger partial charge in [-0.1, -0.05) is 6.07 Å². The summed E-state index contributed by atoms with van der Waals surface area (Å²) in [5.41, 5.74) is 2.43. The highest BCUT2D eigenvalue weighted by Gasteiger charge is 2.34. The third kappa shape index (κ3) is 4.34. The molecule has 1 saturated carbocycles. The number of nitrogens with zero attached hydrogens (tertiary/aromatic N) is 3. The van der Waals surface area contributed by atoms with Crippen molar-refractivity contribution in [3.05, 3.63) is 60.2 Å². The standard InChI is InChI=1S/C23H21N7O4S/c1-25-22(31)19-12-34-23(29-19)18-11-27-21-17(5-6-26-21)20(18)28-14-8-15(9-14)30-35(32,33)16-4-2-3-13(7-16)10-24/h2-7,11-12,14-15,30H,8-9H2,1H3,(H,25,31)(H2,26,27,28)/t14-,15+. The van der Waals surface area contributed by atoms with Crippen molar-refractivity contribution in [2.75, 3.05) is 12.4 Å². The molecule has 1 amide bonds. The summed E-state index contributed by atoms with van der Waals surface area (Å²) in [6.45, 7) is 0. The Morgan fingerprint density at radius 1 is 1.26 bits per heavy atom. The third-order valence-corrected chi connectivity index (χ3v) is 7.38. The first-order valence-electron chi connectivity index (χ1n) is 10.8. The van der Waals surface area contributed by atoms with Crippen molar-refractivity contribution in [2.45, 2.75) is 29.8 Å². The van der Waals surface area contributed by atoms with Gasteiger partial charge in [0.1, 0.15) is 11.9 Å². The molecular formula is C23H21N7O4S. The van der Waals surface area contributed by atoms with Crippen LogP contribution >= 0.6 is 0 Å². The number of pyridine rings is 1. The van der Waals surface area contributed by atoms with Crippen molar-refractivity contribution >= 4 is 32.7 Å².